The van der Waals surface area contributed by atoms with Gasteiger partial charge in [-0.1, -0.05) is 15.9 Å². The van der Waals surface area contributed by atoms with Crippen molar-refractivity contribution in [3.63, 3.8) is 0 Å². The summed E-state index contributed by atoms with van der Waals surface area (Å²) < 4.78 is 39.6. The van der Waals surface area contributed by atoms with Crippen molar-refractivity contribution in [1.29, 1.82) is 0 Å². The number of nitrogens with one attached hydrogen (secondary N) is 1. The molecule has 17 heavy (non-hydrogen) atoms. The van der Waals surface area contributed by atoms with E-state index in [4.69, 9.17) is 0 Å². The molecule has 1 heterocycles. The Bertz CT molecular complexity index is 511. The smallest absolute Gasteiger partial charge is 0.242 e. The molecule has 0 aromatic carbocycles. The molecule has 0 unspecified atom stereocenters. The fourth-order valence-corrected chi connectivity index (χ4v) is 4.07. The molecule has 7 heteroatoms. The highest BCUT2D eigenvalue weighted by Gasteiger charge is 2.39. The van der Waals surface area contributed by atoms with Crippen LogP contribution in [-0.4, -0.2) is 24.3 Å². The van der Waals surface area contributed by atoms with Crippen molar-refractivity contribution in [3.05, 3.63) is 24.3 Å². The molecule has 0 atom stereocenters. The van der Waals surface area contributed by atoms with Gasteiger partial charge in [-0.25, -0.2) is 17.5 Å². The van der Waals surface area contributed by atoms with Gasteiger partial charge < -0.3 is 0 Å². The molecular weight excluding hydrogens is 311 g/mol. The average Bonchev–Trinajstić information content (AvgIpc) is 2.24. The highest BCUT2D eigenvalue weighted by atomic mass is 79.9. The van der Waals surface area contributed by atoms with Gasteiger partial charge in [-0.05, 0) is 25.3 Å². The van der Waals surface area contributed by atoms with Crippen molar-refractivity contribution in [3.8, 4) is 0 Å². The quantitative estimate of drug-likeness (QED) is 0.860. The highest BCUT2D eigenvalue weighted by Crippen LogP contribution is 2.34. The number of nitrogens with zero attached hydrogens (tertiary/aromatic N) is 1. The summed E-state index contributed by atoms with van der Waals surface area (Å²) in [4.78, 5) is 3.41. The maximum absolute atomic E-state index is 12.9. The summed E-state index contributed by atoms with van der Waals surface area (Å²) in [6.07, 6.45) is 4.70. The van der Waals surface area contributed by atoms with Crippen molar-refractivity contribution < 1.29 is 12.8 Å². The number of alkyl halides is 1. The molecule has 0 bridgehead atoms. The molecule has 4 nitrogen and oxygen atoms in total. The van der Waals surface area contributed by atoms with E-state index in [0.29, 0.717) is 5.33 Å². The van der Waals surface area contributed by atoms with E-state index in [9.17, 15) is 12.8 Å². The lowest BCUT2D eigenvalue weighted by Crippen LogP contribution is -2.54. The van der Waals surface area contributed by atoms with Crippen LogP contribution in [0.1, 0.15) is 19.3 Å². The SMILES string of the molecule is O=S(=O)(NC1(CBr)CCC1)c1cncc(F)c1. The van der Waals surface area contributed by atoms with E-state index in [2.05, 4.69) is 25.6 Å². The molecule has 0 radical (unpaired) electrons. The molecule has 94 valence electrons. The van der Waals surface area contributed by atoms with Gasteiger partial charge in [-0.2, -0.15) is 0 Å². The summed E-state index contributed by atoms with van der Waals surface area (Å²) >= 11 is 3.31. The summed E-state index contributed by atoms with van der Waals surface area (Å²) in [6, 6.07) is 0.968. The van der Waals surface area contributed by atoms with E-state index in [1.165, 1.54) is 0 Å². The molecule has 1 fully saturated rings. The molecule has 1 aromatic rings. The van der Waals surface area contributed by atoms with Gasteiger partial charge in [0.1, 0.15) is 10.7 Å². The zero-order valence-electron chi connectivity index (χ0n) is 8.99. The fraction of sp³-hybridized carbons (Fsp3) is 0.500. The van der Waals surface area contributed by atoms with Crippen LogP contribution in [0.15, 0.2) is 23.4 Å². The lowest BCUT2D eigenvalue weighted by molar-refractivity contribution is 0.256. The number of rotatable bonds is 4. The van der Waals surface area contributed by atoms with E-state index < -0.39 is 21.4 Å². The van der Waals surface area contributed by atoms with Crippen LogP contribution >= 0.6 is 15.9 Å². The van der Waals surface area contributed by atoms with E-state index in [1.54, 1.807) is 0 Å². The van der Waals surface area contributed by atoms with Gasteiger partial charge in [-0.15, -0.1) is 0 Å². The largest absolute Gasteiger partial charge is 0.260 e. The summed E-state index contributed by atoms with van der Waals surface area (Å²) in [7, 11) is -3.70. The first-order valence-corrected chi connectivity index (χ1v) is 7.78. The first-order chi connectivity index (χ1) is 7.97. The summed E-state index contributed by atoms with van der Waals surface area (Å²) in [5.74, 6) is -0.658. The zero-order valence-corrected chi connectivity index (χ0v) is 11.4. The lowest BCUT2D eigenvalue weighted by atomic mass is 9.80. The molecule has 2 rings (SSSR count). The number of pyridine rings is 1. The molecule has 0 amide bonds. The third-order valence-corrected chi connectivity index (χ3v) is 5.53. The summed E-state index contributed by atoms with van der Waals surface area (Å²) in [5, 5.41) is 0.558. The Labute approximate surface area is 108 Å². The molecule has 0 spiro atoms. The molecule has 1 aliphatic rings. The molecule has 0 aliphatic heterocycles. The van der Waals surface area contributed by atoms with Gasteiger partial charge in [0, 0.05) is 17.1 Å². The first kappa shape index (κ1) is 12.9. The van der Waals surface area contributed by atoms with Crippen molar-refractivity contribution in [2.75, 3.05) is 5.33 Å². The van der Waals surface area contributed by atoms with Crippen LogP contribution in [0.4, 0.5) is 4.39 Å². The molecule has 0 saturated heterocycles. The molecule has 1 saturated carbocycles. The van der Waals surface area contributed by atoms with Crippen molar-refractivity contribution in [2.45, 2.75) is 29.7 Å². The Morgan fingerprint density at radius 2 is 2.18 bits per heavy atom. The van der Waals surface area contributed by atoms with Gasteiger partial charge in [0.15, 0.2) is 0 Å². The van der Waals surface area contributed by atoms with E-state index in [0.717, 1.165) is 37.7 Å². The second-order valence-corrected chi connectivity index (χ2v) is 6.46. The van der Waals surface area contributed by atoms with Crippen LogP contribution in [0.2, 0.25) is 0 Å². The highest BCUT2D eigenvalue weighted by molar-refractivity contribution is 9.09. The Morgan fingerprint density at radius 1 is 1.47 bits per heavy atom. The van der Waals surface area contributed by atoms with Gasteiger partial charge in [-0.3, -0.25) is 4.98 Å². The number of hydrogen-bond donors (Lipinski definition) is 1. The zero-order chi connectivity index (χ0) is 12.5. The minimum Gasteiger partial charge on any atom is -0.260 e. The van der Waals surface area contributed by atoms with Gasteiger partial charge >= 0.3 is 0 Å². The fourth-order valence-electron chi connectivity index (χ4n) is 1.75. The van der Waals surface area contributed by atoms with Crippen LogP contribution < -0.4 is 4.72 Å². The van der Waals surface area contributed by atoms with Crippen molar-refractivity contribution in [1.82, 2.24) is 9.71 Å². The van der Waals surface area contributed by atoms with E-state index >= 15 is 0 Å². The van der Waals surface area contributed by atoms with Gasteiger partial charge in [0.05, 0.1) is 6.20 Å². The Hall–Kier alpha value is -0.530. The van der Waals surface area contributed by atoms with Gasteiger partial charge in [0.2, 0.25) is 10.0 Å². The van der Waals surface area contributed by atoms with Crippen molar-refractivity contribution >= 4 is 26.0 Å². The third kappa shape index (κ3) is 2.66. The molecule has 1 N–H and O–H groups in total. The second-order valence-electron chi connectivity index (χ2n) is 4.21. The van der Waals surface area contributed by atoms with Crippen LogP contribution in [0.25, 0.3) is 0 Å². The Morgan fingerprint density at radius 3 is 2.65 bits per heavy atom. The topological polar surface area (TPSA) is 59.1 Å². The number of aromatic nitrogens is 1. The van der Waals surface area contributed by atoms with E-state index in [-0.39, 0.29) is 4.90 Å². The maximum Gasteiger partial charge on any atom is 0.242 e. The van der Waals surface area contributed by atoms with Crippen LogP contribution in [-0.2, 0) is 10.0 Å². The Balaban J connectivity index is 2.25. The predicted octanol–water partition coefficient (Wildman–Crippen LogP) is 1.82. The molecular formula is C10H12BrFN2O2S. The lowest BCUT2D eigenvalue weighted by Gasteiger charge is -2.40. The summed E-state index contributed by atoms with van der Waals surface area (Å²) in [6.45, 7) is 0. The predicted molar refractivity (Wildman–Crippen MR) is 64.9 cm³/mol. The molecule has 1 aliphatic carbocycles. The van der Waals surface area contributed by atoms with E-state index in [1.807, 2.05) is 0 Å². The number of hydrogen-bond acceptors (Lipinski definition) is 3. The normalized spacial score (nSPS) is 18.7. The maximum atomic E-state index is 12.9. The standard InChI is InChI=1S/C10H12BrFN2O2S/c11-7-10(2-1-3-10)14-17(15,16)9-4-8(12)5-13-6-9/h4-6,14H,1-3,7H2. The number of halogens is 2. The second kappa shape index (κ2) is 4.62. The molecule has 1 aromatic heterocycles. The van der Waals surface area contributed by atoms with Crippen LogP contribution in [0.5, 0.6) is 0 Å². The van der Waals surface area contributed by atoms with Crippen LogP contribution in [0.3, 0.4) is 0 Å². The summed E-state index contributed by atoms with van der Waals surface area (Å²) in [5.41, 5.74) is -0.425. The minimum absolute atomic E-state index is 0.135. The monoisotopic (exact) mass is 322 g/mol. The average molecular weight is 323 g/mol. The third-order valence-electron chi connectivity index (χ3n) is 2.91. The number of sulfonamides is 1. The Kier molecular flexibility index (Phi) is 3.51. The minimum atomic E-state index is -3.70. The van der Waals surface area contributed by atoms with Crippen LogP contribution in [0, 0.1) is 5.82 Å². The van der Waals surface area contributed by atoms with Gasteiger partial charge in [0.25, 0.3) is 0 Å². The van der Waals surface area contributed by atoms with Crippen molar-refractivity contribution in [2.24, 2.45) is 0 Å². The first-order valence-electron chi connectivity index (χ1n) is 5.18.